The lowest BCUT2D eigenvalue weighted by Crippen LogP contribution is -2.27. The van der Waals surface area contributed by atoms with Crippen molar-refractivity contribution < 1.29 is 5.11 Å². The number of aliphatic hydroxyl groups excluding tert-OH is 1. The van der Waals surface area contributed by atoms with Crippen molar-refractivity contribution in [2.24, 2.45) is 0 Å². The molecule has 1 heterocycles. The summed E-state index contributed by atoms with van der Waals surface area (Å²) in [6, 6.07) is 2.23. The Kier molecular flexibility index (Phi) is 4.04. The monoisotopic (exact) mass is 194 g/mol. The van der Waals surface area contributed by atoms with Crippen LogP contribution in [0.2, 0.25) is 0 Å². The molecule has 78 valence electrons. The number of hydrogen-bond acceptors (Lipinski definition) is 3. The maximum absolute atomic E-state index is 9.14. The predicted molar refractivity (Wildman–Crippen MR) is 57.1 cm³/mol. The molecule has 2 N–H and O–H groups in total. The van der Waals surface area contributed by atoms with Gasteiger partial charge in [0.15, 0.2) is 0 Å². The van der Waals surface area contributed by atoms with Crippen molar-refractivity contribution >= 4 is 0 Å². The lowest BCUT2D eigenvalue weighted by molar-refractivity contribution is 0.187. The highest BCUT2D eigenvalue weighted by molar-refractivity contribution is 5.24. The number of aliphatic hydroxyl groups is 1. The van der Waals surface area contributed by atoms with E-state index in [1.807, 2.05) is 12.3 Å². The maximum atomic E-state index is 9.14. The van der Waals surface area contributed by atoms with Gasteiger partial charge in [-0.05, 0) is 38.0 Å². The van der Waals surface area contributed by atoms with Crippen LogP contribution in [0.15, 0.2) is 18.5 Å². The van der Waals surface area contributed by atoms with E-state index in [-0.39, 0.29) is 12.1 Å². The van der Waals surface area contributed by atoms with Crippen molar-refractivity contribution in [3.63, 3.8) is 0 Å². The molecule has 1 aromatic rings. The maximum Gasteiger partial charge on any atom is 0.0636 e. The summed E-state index contributed by atoms with van der Waals surface area (Å²) >= 11 is 0. The molecule has 0 radical (unpaired) electrons. The lowest BCUT2D eigenvalue weighted by atomic mass is 10.1. The quantitative estimate of drug-likeness (QED) is 0.762. The Hall–Kier alpha value is -0.930. The molecule has 1 aromatic heterocycles. The molecule has 1 rings (SSSR count). The molecule has 0 spiro atoms. The molecule has 1 unspecified atom stereocenters. The van der Waals surface area contributed by atoms with Gasteiger partial charge in [-0.3, -0.25) is 4.98 Å². The van der Waals surface area contributed by atoms with Gasteiger partial charge < -0.3 is 10.4 Å². The van der Waals surface area contributed by atoms with Gasteiger partial charge in [-0.2, -0.15) is 0 Å². The zero-order valence-corrected chi connectivity index (χ0v) is 8.99. The highest BCUT2D eigenvalue weighted by Gasteiger charge is 2.08. The summed E-state index contributed by atoms with van der Waals surface area (Å²) < 4.78 is 0. The highest BCUT2D eigenvalue weighted by Crippen LogP contribution is 2.14. The Morgan fingerprint density at radius 2 is 2.21 bits per heavy atom. The van der Waals surface area contributed by atoms with Crippen molar-refractivity contribution in [3.8, 4) is 0 Å². The van der Waals surface area contributed by atoms with Crippen LogP contribution in [0.1, 0.15) is 31.0 Å². The minimum Gasteiger partial charge on any atom is -0.392 e. The van der Waals surface area contributed by atoms with Crippen LogP contribution in [0.3, 0.4) is 0 Å². The predicted octanol–water partition coefficient (Wildman–Crippen LogP) is 1.42. The first-order valence-corrected chi connectivity index (χ1v) is 4.93. The zero-order chi connectivity index (χ0) is 10.6. The summed E-state index contributed by atoms with van der Waals surface area (Å²) in [4.78, 5) is 4.09. The van der Waals surface area contributed by atoms with Crippen LogP contribution in [0.25, 0.3) is 0 Å². The Balaban J connectivity index is 2.60. The first-order chi connectivity index (χ1) is 6.61. The van der Waals surface area contributed by atoms with Crippen molar-refractivity contribution in [1.29, 1.82) is 0 Å². The number of aromatic nitrogens is 1. The molecule has 0 saturated carbocycles. The van der Waals surface area contributed by atoms with Gasteiger partial charge in [0.1, 0.15) is 0 Å². The molecule has 0 aromatic carbocycles. The van der Waals surface area contributed by atoms with E-state index in [1.54, 1.807) is 13.1 Å². The van der Waals surface area contributed by atoms with Gasteiger partial charge in [-0.25, -0.2) is 0 Å². The average Bonchev–Trinajstić information content (AvgIpc) is 2.15. The summed E-state index contributed by atoms with van der Waals surface area (Å²) in [6.45, 7) is 6.52. The lowest BCUT2D eigenvalue weighted by Gasteiger charge is -2.16. The molecule has 0 aliphatic rings. The molecule has 3 heteroatoms. The molecule has 0 bridgehead atoms. The third-order valence-corrected chi connectivity index (χ3v) is 2.27. The molecular weight excluding hydrogens is 176 g/mol. The Labute approximate surface area is 85.2 Å². The molecule has 0 fully saturated rings. The Morgan fingerprint density at radius 3 is 2.79 bits per heavy atom. The normalized spacial score (nSPS) is 15.1. The van der Waals surface area contributed by atoms with Crippen molar-refractivity contribution in [1.82, 2.24) is 10.3 Å². The first-order valence-electron chi connectivity index (χ1n) is 4.93. The molecule has 0 amide bonds. The van der Waals surface area contributed by atoms with E-state index in [0.29, 0.717) is 6.54 Å². The van der Waals surface area contributed by atoms with Crippen LogP contribution in [0.4, 0.5) is 0 Å². The second kappa shape index (κ2) is 5.08. The summed E-state index contributed by atoms with van der Waals surface area (Å²) in [5.74, 6) is 0. The van der Waals surface area contributed by atoms with E-state index in [4.69, 9.17) is 5.11 Å². The van der Waals surface area contributed by atoms with Gasteiger partial charge in [0.25, 0.3) is 0 Å². The second-order valence-corrected chi connectivity index (χ2v) is 3.71. The van der Waals surface area contributed by atoms with Gasteiger partial charge in [-0.15, -0.1) is 0 Å². The fourth-order valence-corrected chi connectivity index (χ4v) is 1.39. The molecular formula is C11H18N2O. The van der Waals surface area contributed by atoms with E-state index in [0.717, 1.165) is 0 Å². The topological polar surface area (TPSA) is 45.2 Å². The molecule has 0 aliphatic heterocycles. The number of aryl methyl sites for hydroxylation is 1. The number of hydrogen-bond donors (Lipinski definition) is 2. The van der Waals surface area contributed by atoms with Gasteiger partial charge >= 0.3 is 0 Å². The molecule has 3 nitrogen and oxygen atoms in total. The SMILES string of the molecule is Cc1ccncc1C(C)NC[C@H](C)O. The van der Waals surface area contributed by atoms with E-state index in [1.165, 1.54) is 11.1 Å². The summed E-state index contributed by atoms with van der Waals surface area (Å²) in [5.41, 5.74) is 2.42. The smallest absolute Gasteiger partial charge is 0.0636 e. The second-order valence-electron chi connectivity index (χ2n) is 3.71. The van der Waals surface area contributed by atoms with Crippen LogP contribution in [-0.2, 0) is 0 Å². The van der Waals surface area contributed by atoms with E-state index >= 15 is 0 Å². The van der Waals surface area contributed by atoms with Crippen LogP contribution in [0.5, 0.6) is 0 Å². The summed E-state index contributed by atoms with van der Waals surface area (Å²) in [6.07, 6.45) is 3.35. The van der Waals surface area contributed by atoms with Gasteiger partial charge in [-0.1, -0.05) is 0 Å². The van der Waals surface area contributed by atoms with E-state index < -0.39 is 0 Å². The number of pyridine rings is 1. The Morgan fingerprint density at radius 1 is 1.50 bits per heavy atom. The van der Waals surface area contributed by atoms with Crippen LogP contribution >= 0.6 is 0 Å². The van der Waals surface area contributed by atoms with Crippen LogP contribution < -0.4 is 5.32 Å². The minimum atomic E-state index is -0.311. The van der Waals surface area contributed by atoms with Gasteiger partial charge in [0.2, 0.25) is 0 Å². The van der Waals surface area contributed by atoms with Gasteiger partial charge in [0.05, 0.1) is 6.10 Å². The molecule has 2 atom stereocenters. The third kappa shape index (κ3) is 3.09. The van der Waals surface area contributed by atoms with E-state index in [2.05, 4.69) is 24.1 Å². The fourth-order valence-electron chi connectivity index (χ4n) is 1.39. The average molecular weight is 194 g/mol. The number of nitrogens with one attached hydrogen (secondary N) is 1. The van der Waals surface area contributed by atoms with Gasteiger partial charge in [0, 0.05) is 25.0 Å². The fraction of sp³-hybridized carbons (Fsp3) is 0.545. The summed E-state index contributed by atoms with van der Waals surface area (Å²) in [7, 11) is 0. The van der Waals surface area contributed by atoms with E-state index in [9.17, 15) is 0 Å². The number of nitrogens with zero attached hydrogens (tertiary/aromatic N) is 1. The minimum absolute atomic E-state index is 0.235. The number of rotatable bonds is 4. The highest BCUT2D eigenvalue weighted by atomic mass is 16.3. The molecule has 14 heavy (non-hydrogen) atoms. The van der Waals surface area contributed by atoms with Crippen LogP contribution in [0, 0.1) is 6.92 Å². The van der Waals surface area contributed by atoms with Crippen molar-refractivity contribution in [2.75, 3.05) is 6.54 Å². The summed E-state index contributed by atoms with van der Waals surface area (Å²) in [5, 5.41) is 12.4. The molecule has 0 aliphatic carbocycles. The van der Waals surface area contributed by atoms with Crippen LogP contribution in [-0.4, -0.2) is 22.7 Å². The van der Waals surface area contributed by atoms with Crippen molar-refractivity contribution in [2.45, 2.75) is 32.9 Å². The molecule has 0 saturated heterocycles. The largest absolute Gasteiger partial charge is 0.392 e. The standard InChI is InChI=1S/C11H18N2O/c1-8-4-5-12-7-11(8)10(3)13-6-9(2)14/h4-5,7,9-10,13-14H,6H2,1-3H3/t9-,10?/m0/s1. The third-order valence-electron chi connectivity index (χ3n) is 2.27. The zero-order valence-electron chi connectivity index (χ0n) is 8.99. The first kappa shape index (κ1) is 11.1. The van der Waals surface area contributed by atoms with Crippen molar-refractivity contribution in [3.05, 3.63) is 29.6 Å². The Bertz CT molecular complexity index is 286.